The van der Waals surface area contributed by atoms with E-state index < -0.39 is 0 Å². The molecule has 1 aliphatic rings. The Morgan fingerprint density at radius 3 is 3.05 bits per heavy atom. The Morgan fingerprint density at radius 2 is 2.38 bits per heavy atom. The van der Waals surface area contributed by atoms with Crippen molar-refractivity contribution >= 4 is 21.4 Å². The second-order valence-corrected chi connectivity index (χ2v) is 6.55. The Kier molecular flexibility index (Phi) is 4.21. The molecular formula is C14H20N4O2S. The first-order valence-electron chi connectivity index (χ1n) is 7.29. The van der Waals surface area contributed by atoms with Crippen LogP contribution in [-0.2, 0) is 4.74 Å². The van der Waals surface area contributed by atoms with Gasteiger partial charge >= 0.3 is 0 Å². The number of nitrogens with zero attached hydrogens (tertiary/aromatic N) is 4. The maximum Gasteiger partial charge on any atom is 0.275 e. The summed E-state index contributed by atoms with van der Waals surface area (Å²) in [5, 5.41) is 5.33. The predicted octanol–water partition coefficient (Wildman–Crippen LogP) is 1.79. The summed E-state index contributed by atoms with van der Waals surface area (Å²) in [7, 11) is 1.71. The van der Waals surface area contributed by atoms with Crippen LogP contribution in [0.25, 0.3) is 4.96 Å². The van der Waals surface area contributed by atoms with E-state index in [0.717, 1.165) is 17.6 Å². The van der Waals surface area contributed by atoms with E-state index in [2.05, 4.69) is 21.9 Å². The number of ether oxygens (including phenoxy) is 1. The van der Waals surface area contributed by atoms with Crippen molar-refractivity contribution in [2.45, 2.75) is 32.2 Å². The van der Waals surface area contributed by atoms with Crippen LogP contribution in [0.4, 0.5) is 5.13 Å². The molecule has 0 saturated heterocycles. The third kappa shape index (κ3) is 2.94. The largest absolute Gasteiger partial charge is 0.383 e. The molecule has 0 radical (unpaired) electrons. The van der Waals surface area contributed by atoms with Gasteiger partial charge in [-0.3, -0.25) is 4.79 Å². The highest BCUT2D eigenvalue weighted by Crippen LogP contribution is 2.33. The van der Waals surface area contributed by atoms with Gasteiger partial charge in [-0.1, -0.05) is 18.3 Å². The summed E-state index contributed by atoms with van der Waals surface area (Å²) >= 11 is 1.47. The molecule has 3 rings (SSSR count). The quantitative estimate of drug-likeness (QED) is 0.843. The van der Waals surface area contributed by atoms with Crippen molar-refractivity contribution in [3.05, 3.63) is 22.6 Å². The SMILES string of the molecule is COCCN(c1nn2c(=O)ccnc2s1)C1CCC(C)C1. The normalized spacial score (nSPS) is 22.0. The molecule has 2 atom stereocenters. The average Bonchev–Trinajstić information content (AvgIpc) is 3.07. The highest BCUT2D eigenvalue weighted by molar-refractivity contribution is 7.20. The predicted molar refractivity (Wildman–Crippen MR) is 83.2 cm³/mol. The molecule has 7 heteroatoms. The maximum absolute atomic E-state index is 11.8. The van der Waals surface area contributed by atoms with Gasteiger partial charge in [0.05, 0.1) is 6.61 Å². The van der Waals surface area contributed by atoms with Gasteiger partial charge in [0.2, 0.25) is 10.1 Å². The Labute approximate surface area is 127 Å². The summed E-state index contributed by atoms with van der Waals surface area (Å²) in [5.74, 6) is 0.746. The fraction of sp³-hybridized carbons (Fsp3) is 0.643. The van der Waals surface area contributed by atoms with Crippen molar-refractivity contribution in [1.82, 2.24) is 14.6 Å². The number of rotatable bonds is 5. The van der Waals surface area contributed by atoms with Crippen molar-refractivity contribution in [3.63, 3.8) is 0 Å². The number of anilines is 1. The van der Waals surface area contributed by atoms with Gasteiger partial charge < -0.3 is 9.64 Å². The lowest BCUT2D eigenvalue weighted by molar-refractivity contribution is 0.203. The van der Waals surface area contributed by atoms with E-state index in [1.807, 2.05) is 0 Å². The molecule has 2 unspecified atom stereocenters. The topological polar surface area (TPSA) is 59.7 Å². The van der Waals surface area contributed by atoms with Crippen LogP contribution in [-0.4, -0.2) is 40.9 Å². The van der Waals surface area contributed by atoms with Crippen LogP contribution < -0.4 is 10.5 Å². The molecule has 2 aromatic rings. The first-order valence-corrected chi connectivity index (χ1v) is 8.11. The Morgan fingerprint density at radius 1 is 1.52 bits per heavy atom. The monoisotopic (exact) mass is 308 g/mol. The molecule has 21 heavy (non-hydrogen) atoms. The molecule has 0 bridgehead atoms. The van der Waals surface area contributed by atoms with E-state index in [1.54, 1.807) is 7.11 Å². The van der Waals surface area contributed by atoms with Crippen molar-refractivity contribution in [2.75, 3.05) is 25.2 Å². The molecule has 0 aromatic carbocycles. The fourth-order valence-electron chi connectivity index (χ4n) is 2.93. The van der Waals surface area contributed by atoms with Crippen molar-refractivity contribution in [3.8, 4) is 0 Å². The standard InChI is InChI=1S/C14H20N4O2S/c1-10-3-4-11(9-10)17(7-8-20-2)14-16-18-12(19)5-6-15-13(18)21-14/h5-6,10-11H,3-4,7-9H2,1-2H3. The lowest BCUT2D eigenvalue weighted by atomic mass is 10.1. The average molecular weight is 308 g/mol. The minimum Gasteiger partial charge on any atom is -0.383 e. The van der Waals surface area contributed by atoms with Gasteiger partial charge in [-0.15, -0.1) is 5.10 Å². The summed E-state index contributed by atoms with van der Waals surface area (Å²) in [6.45, 7) is 3.74. The minimum atomic E-state index is -0.131. The molecule has 0 aliphatic heterocycles. The number of hydrogen-bond acceptors (Lipinski definition) is 6. The van der Waals surface area contributed by atoms with E-state index in [0.29, 0.717) is 17.6 Å². The molecule has 2 aromatic heterocycles. The van der Waals surface area contributed by atoms with Crippen molar-refractivity contribution in [1.29, 1.82) is 0 Å². The highest BCUT2D eigenvalue weighted by atomic mass is 32.1. The number of hydrogen-bond donors (Lipinski definition) is 0. The zero-order chi connectivity index (χ0) is 14.8. The van der Waals surface area contributed by atoms with Crippen LogP contribution >= 0.6 is 11.3 Å². The molecule has 0 amide bonds. The highest BCUT2D eigenvalue weighted by Gasteiger charge is 2.29. The van der Waals surface area contributed by atoms with Crippen LogP contribution in [0.2, 0.25) is 0 Å². The molecule has 0 N–H and O–H groups in total. The Hall–Kier alpha value is -1.47. The van der Waals surface area contributed by atoms with Gasteiger partial charge in [0, 0.05) is 32.0 Å². The van der Waals surface area contributed by atoms with Gasteiger partial charge in [0.25, 0.3) is 5.56 Å². The Bertz CT molecular complexity index is 668. The third-order valence-electron chi connectivity index (χ3n) is 4.05. The number of fused-ring (bicyclic) bond motifs is 1. The number of aromatic nitrogens is 3. The van der Waals surface area contributed by atoms with Crippen LogP contribution in [0.5, 0.6) is 0 Å². The number of methoxy groups -OCH3 is 1. The zero-order valence-electron chi connectivity index (χ0n) is 12.4. The van der Waals surface area contributed by atoms with Gasteiger partial charge in [-0.25, -0.2) is 4.98 Å². The zero-order valence-corrected chi connectivity index (χ0v) is 13.2. The van der Waals surface area contributed by atoms with E-state index >= 15 is 0 Å². The summed E-state index contributed by atoms with van der Waals surface area (Å²) in [4.78, 5) is 19.0. The molecule has 1 saturated carbocycles. The molecule has 114 valence electrons. The van der Waals surface area contributed by atoms with E-state index in [1.165, 1.54) is 47.4 Å². The lowest BCUT2D eigenvalue weighted by Crippen LogP contribution is -2.36. The van der Waals surface area contributed by atoms with Crippen LogP contribution in [0.1, 0.15) is 26.2 Å². The van der Waals surface area contributed by atoms with E-state index in [9.17, 15) is 4.79 Å². The van der Waals surface area contributed by atoms with Crippen LogP contribution in [0, 0.1) is 5.92 Å². The minimum absolute atomic E-state index is 0.131. The van der Waals surface area contributed by atoms with E-state index in [-0.39, 0.29) is 5.56 Å². The first-order chi connectivity index (χ1) is 10.2. The fourth-order valence-corrected chi connectivity index (χ4v) is 3.91. The van der Waals surface area contributed by atoms with Crippen LogP contribution in [0.15, 0.2) is 17.1 Å². The molecule has 1 aliphatic carbocycles. The smallest absolute Gasteiger partial charge is 0.275 e. The summed E-state index contributed by atoms with van der Waals surface area (Å²) in [6.07, 6.45) is 5.12. The molecule has 2 heterocycles. The van der Waals surface area contributed by atoms with Crippen molar-refractivity contribution in [2.24, 2.45) is 5.92 Å². The Balaban J connectivity index is 1.93. The van der Waals surface area contributed by atoms with Gasteiger partial charge in [-0.2, -0.15) is 4.52 Å². The van der Waals surface area contributed by atoms with E-state index in [4.69, 9.17) is 4.74 Å². The third-order valence-corrected chi connectivity index (χ3v) is 5.01. The molecular weight excluding hydrogens is 288 g/mol. The van der Waals surface area contributed by atoms with Crippen molar-refractivity contribution < 1.29 is 4.74 Å². The van der Waals surface area contributed by atoms with Gasteiger partial charge in [0.1, 0.15) is 0 Å². The lowest BCUT2D eigenvalue weighted by Gasteiger charge is -2.28. The van der Waals surface area contributed by atoms with Gasteiger partial charge in [0.15, 0.2) is 0 Å². The molecule has 6 nitrogen and oxygen atoms in total. The molecule has 1 fully saturated rings. The maximum atomic E-state index is 11.8. The van der Waals surface area contributed by atoms with Crippen LogP contribution in [0.3, 0.4) is 0 Å². The summed E-state index contributed by atoms with van der Waals surface area (Å²) in [5.41, 5.74) is -0.131. The molecule has 0 spiro atoms. The second kappa shape index (κ2) is 6.11. The second-order valence-electron chi connectivity index (χ2n) is 5.62. The first kappa shape index (κ1) is 14.5. The summed E-state index contributed by atoms with van der Waals surface area (Å²) in [6, 6.07) is 1.92. The summed E-state index contributed by atoms with van der Waals surface area (Å²) < 4.78 is 6.62. The van der Waals surface area contributed by atoms with Gasteiger partial charge in [-0.05, 0) is 25.2 Å².